The van der Waals surface area contributed by atoms with Crippen molar-refractivity contribution in [2.24, 2.45) is 0 Å². The molecule has 1 heterocycles. The first kappa shape index (κ1) is 18.9. The summed E-state index contributed by atoms with van der Waals surface area (Å²) in [5.74, 6) is -0.518. The molecule has 0 spiro atoms. The second kappa shape index (κ2) is 8.63. The van der Waals surface area contributed by atoms with Crippen LogP contribution in [0.15, 0.2) is 34.2 Å². The number of carbonyl (C=O) groups excluding carboxylic acids is 2. The monoisotopic (exact) mass is 364 g/mol. The van der Waals surface area contributed by atoms with Crippen molar-refractivity contribution in [2.75, 3.05) is 26.5 Å². The fourth-order valence-corrected chi connectivity index (χ4v) is 3.18. The highest BCUT2D eigenvalue weighted by molar-refractivity contribution is 7.99. The molecule has 1 aromatic carbocycles. The summed E-state index contributed by atoms with van der Waals surface area (Å²) in [4.78, 5) is 40.3. The number of fused-ring (bicyclic) bond motifs is 1. The summed E-state index contributed by atoms with van der Waals surface area (Å²) in [7, 11) is 2.98. The quantitative estimate of drug-likeness (QED) is 0.589. The second-order valence-electron chi connectivity index (χ2n) is 5.31. The Labute approximate surface area is 149 Å². The molecule has 2 rings (SSSR count). The van der Waals surface area contributed by atoms with Crippen LogP contribution in [0.5, 0.6) is 0 Å². The number of amides is 3. The van der Waals surface area contributed by atoms with E-state index in [-0.39, 0.29) is 17.4 Å². The normalized spacial score (nSPS) is 12.0. The van der Waals surface area contributed by atoms with Gasteiger partial charge in [0.15, 0.2) is 5.16 Å². The lowest BCUT2D eigenvalue weighted by Crippen LogP contribution is -2.38. The van der Waals surface area contributed by atoms with E-state index < -0.39 is 11.9 Å². The number of hydrogen-bond acceptors (Lipinski definition) is 6. The van der Waals surface area contributed by atoms with Gasteiger partial charge in [0.25, 0.3) is 5.56 Å². The molecule has 25 heavy (non-hydrogen) atoms. The van der Waals surface area contributed by atoms with Crippen LogP contribution in [0.4, 0.5) is 4.79 Å². The van der Waals surface area contributed by atoms with Crippen molar-refractivity contribution in [3.05, 3.63) is 34.6 Å². The van der Waals surface area contributed by atoms with Gasteiger partial charge < -0.3 is 10.1 Å². The van der Waals surface area contributed by atoms with Crippen LogP contribution < -0.4 is 16.2 Å². The molecule has 0 saturated heterocycles. The van der Waals surface area contributed by atoms with Gasteiger partial charge in [-0.1, -0.05) is 23.9 Å². The number of methoxy groups -OCH3 is 1. The number of imide groups is 1. The molecule has 0 radical (unpaired) electrons. The number of para-hydroxylation sites is 1. The van der Waals surface area contributed by atoms with Crippen LogP contribution in [0.1, 0.15) is 13.0 Å². The fraction of sp³-hybridized carbons (Fsp3) is 0.375. The maximum Gasteiger partial charge on any atom is 0.321 e. The van der Waals surface area contributed by atoms with Crippen LogP contribution in [-0.2, 0) is 9.53 Å². The summed E-state index contributed by atoms with van der Waals surface area (Å²) < 4.78 is 6.66. The molecule has 2 N–H and O–H groups in total. The largest absolute Gasteiger partial charge is 0.383 e. The van der Waals surface area contributed by atoms with E-state index in [9.17, 15) is 14.4 Å². The van der Waals surface area contributed by atoms with Gasteiger partial charge in [0.1, 0.15) is 0 Å². The van der Waals surface area contributed by atoms with Crippen molar-refractivity contribution < 1.29 is 14.3 Å². The van der Waals surface area contributed by atoms with Gasteiger partial charge in [-0.2, -0.15) is 0 Å². The van der Waals surface area contributed by atoms with Gasteiger partial charge in [0.05, 0.1) is 29.3 Å². The Morgan fingerprint density at radius 1 is 1.36 bits per heavy atom. The summed E-state index contributed by atoms with van der Waals surface area (Å²) >= 11 is 1.10. The molecule has 0 bridgehead atoms. The number of nitrogens with one attached hydrogen (secondary N) is 2. The molecule has 0 aliphatic carbocycles. The van der Waals surface area contributed by atoms with Gasteiger partial charge in [-0.05, 0) is 19.1 Å². The zero-order chi connectivity index (χ0) is 18.4. The van der Waals surface area contributed by atoms with Crippen LogP contribution in [0, 0.1) is 0 Å². The van der Waals surface area contributed by atoms with E-state index in [0.29, 0.717) is 22.7 Å². The molecule has 1 atom stereocenters. The van der Waals surface area contributed by atoms with E-state index >= 15 is 0 Å². The number of benzene rings is 1. The molecule has 0 fully saturated rings. The summed E-state index contributed by atoms with van der Waals surface area (Å²) in [5, 5.41) is 5.39. The molecule has 0 aliphatic rings. The first-order chi connectivity index (χ1) is 12.0. The summed E-state index contributed by atoms with van der Waals surface area (Å²) in [6.45, 7) is 2.17. The molecule has 134 valence electrons. The number of urea groups is 1. The Bertz CT molecular complexity index is 836. The molecular formula is C16H20N4O4S. The van der Waals surface area contributed by atoms with E-state index in [1.165, 1.54) is 11.6 Å². The number of nitrogens with zero attached hydrogens (tertiary/aromatic N) is 2. The molecule has 8 nitrogen and oxygen atoms in total. The smallest absolute Gasteiger partial charge is 0.321 e. The lowest BCUT2D eigenvalue weighted by Gasteiger charge is -2.18. The van der Waals surface area contributed by atoms with Crippen LogP contribution in [-0.4, -0.2) is 48.0 Å². The lowest BCUT2D eigenvalue weighted by atomic mass is 10.2. The van der Waals surface area contributed by atoms with Crippen molar-refractivity contribution in [3.63, 3.8) is 0 Å². The predicted molar refractivity (Wildman–Crippen MR) is 95.9 cm³/mol. The molecular weight excluding hydrogens is 344 g/mol. The Kier molecular flexibility index (Phi) is 6.54. The summed E-state index contributed by atoms with van der Waals surface area (Å²) in [5.41, 5.74) is 0.368. The SMILES string of the molecule is CNC(=O)NC(=O)CSc1nc2ccccc2c(=O)n1[C@H](C)COC. The highest BCUT2D eigenvalue weighted by atomic mass is 32.2. The van der Waals surface area contributed by atoms with Gasteiger partial charge in [-0.3, -0.25) is 19.5 Å². The third-order valence-corrected chi connectivity index (χ3v) is 4.39. The molecule has 0 saturated carbocycles. The molecule has 0 aliphatic heterocycles. The third-order valence-electron chi connectivity index (χ3n) is 3.44. The van der Waals surface area contributed by atoms with Crippen molar-refractivity contribution in [3.8, 4) is 0 Å². The zero-order valence-electron chi connectivity index (χ0n) is 14.2. The Balaban J connectivity index is 2.36. The number of carbonyl (C=O) groups is 2. The van der Waals surface area contributed by atoms with Gasteiger partial charge in [-0.25, -0.2) is 9.78 Å². The summed E-state index contributed by atoms with van der Waals surface area (Å²) in [6.07, 6.45) is 0. The maximum atomic E-state index is 12.8. The lowest BCUT2D eigenvalue weighted by molar-refractivity contribution is -0.117. The number of ether oxygens (including phenoxy) is 1. The highest BCUT2D eigenvalue weighted by Gasteiger charge is 2.18. The molecule has 0 unspecified atom stereocenters. The van der Waals surface area contributed by atoms with E-state index in [1.54, 1.807) is 31.4 Å². The van der Waals surface area contributed by atoms with Crippen molar-refractivity contribution in [1.82, 2.24) is 20.2 Å². The summed E-state index contributed by atoms with van der Waals surface area (Å²) in [6, 6.07) is 6.20. The maximum absolute atomic E-state index is 12.8. The Morgan fingerprint density at radius 2 is 2.08 bits per heavy atom. The van der Waals surface area contributed by atoms with Crippen LogP contribution in [0.3, 0.4) is 0 Å². The van der Waals surface area contributed by atoms with Gasteiger partial charge in [0.2, 0.25) is 5.91 Å². The number of rotatable bonds is 6. The first-order valence-electron chi connectivity index (χ1n) is 7.62. The molecule has 2 aromatic rings. The average molecular weight is 364 g/mol. The molecule has 9 heteroatoms. The zero-order valence-corrected chi connectivity index (χ0v) is 15.1. The average Bonchev–Trinajstić information content (AvgIpc) is 2.60. The number of aromatic nitrogens is 2. The van der Waals surface area contributed by atoms with E-state index in [4.69, 9.17) is 4.74 Å². The Morgan fingerprint density at radius 3 is 2.76 bits per heavy atom. The van der Waals surface area contributed by atoms with Crippen LogP contribution in [0.25, 0.3) is 10.9 Å². The third kappa shape index (κ3) is 4.58. The standard InChI is InChI=1S/C16H20N4O4S/c1-10(8-24-3)20-14(22)11-6-4-5-7-12(11)18-16(20)25-9-13(21)19-15(23)17-2/h4-7,10H,8-9H2,1-3H3,(H2,17,19,21,23)/t10-/m1/s1. The minimum absolute atomic E-state index is 0.0437. The number of thioether (sulfide) groups is 1. The Hall–Kier alpha value is -2.39. The van der Waals surface area contributed by atoms with Gasteiger partial charge >= 0.3 is 6.03 Å². The second-order valence-corrected chi connectivity index (χ2v) is 6.25. The molecule has 1 aromatic heterocycles. The molecule has 3 amide bonds. The van der Waals surface area contributed by atoms with Gasteiger partial charge in [0, 0.05) is 14.2 Å². The van der Waals surface area contributed by atoms with Crippen molar-refractivity contribution in [1.29, 1.82) is 0 Å². The van der Waals surface area contributed by atoms with Gasteiger partial charge in [-0.15, -0.1) is 0 Å². The van der Waals surface area contributed by atoms with Crippen molar-refractivity contribution >= 4 is 34.6 Å². The number of hydrogen-bond donors (Lipinski definition) is 2. The van der Waals surface area contributed by atoms with E-state index in [1.807, 2.05) is 6.92 Å². The predicted octanol–water partition coefficient (Wildman–Crippen LogP) is 1.15. The van der Waals surface area contributed by atoms with E-state index in [0.717, 1.165) is 11.8 Å². The highest BCUT2D eigenvalue weighted by Crippen LogP contribution is 2.21. The minimum atomic E-state index is -0.581. The van der Waals surface area contributed by atoms with Crippen LogP contribution in [0.2, 0.25) is 0 Å². The topological polar surface area (TPSA) is 102 Å². The fourth-order valence-electron chi connectivity index (χ4n) is 2.29. The van der Waals surface area contributed by atoms with Crippen LogP contribution >= 0.6 is 11.8 Å². The first-order valence-corrected chi connectivity index (χ1v) is 8.61. The minimum Gasteiger partial charge on any atom is -0.383 e. The van der Waals surface area contributed by atoms with Crippen molar-refractivity contribution in [2.45, 2.75) is 18.1 Å². The van der Waals surface area contributed by atoms with E-state index in [2.05, 4.69) is 15.6 Å².